The van der Waals surface area contributed by atoms with Gasteiger partial charge < -0.3 is 14.6 Å². The van der Waals surface area contributed by atoms with E-state index in [0.29, 0.717) is 47.7 Å². The number of aromatic nitrogens is 2. The molecule has 3 rings (SSSR count). The first-order valence-corrected chi connectivity index (χ1v) is 8.78. The van der Waals surface area contributed by atoms with Gasteiger partial charge in [-0.1, -0.05) is 12.1 Å². The summed E-state index contributed by atoms with van der Waals surface area (Å²) in [5, 5.41) is 14.6. The average molecular weight is 382 g/mol. The largest absolute Gasteiger partial charge is 0.507 e. The summed E-state index contributed by atoms with van der Waals surface area (Å²) in [5.74, 6) is 0.980. The fraction of sp³-hybridized carbons (Fsp3) is 0.250. The molecule has 3 aromatic rings. The van der Waals surface area contributed by atoms with Gasteiger partial charge >= 0.3 is 0 Å². The molecule has 2 aromatic carbocycles. The predicted octanol–water partition coefficient (Wildman–Crippen LogP) is 2.59. The lowest BCUT2D eigenvalue weighted by molar-refractivity contribution is 0.190. The van der Waals surface area contributed by atoms with E-state index in [2.05, 4.69) is 15.5 Å². The highest BCUT2D eigenvalue weighted by Crippen LogP contribution is 2.21. The highest BCUT2D eigenvalue weighted by Gasteiger charge is 2.10. The Morgan fingerprint density at radius 1 is 1.25 bits per heavy atom. The number of aromatic hydroxyl groups is 1. The Balaban J connectivity index is 1.92. The molecule has 0 saturated heterocycles. The van der Waals surface area contributed by atoms with E-state index in [1.54, 1.807) is 38.5 Å². The normalized spacial score (nSPS) is 11.2. The van der Waals surface area contributed by atoms with Crippen LogP contribution in [-0.2, 0) is 11.3 Å². The summed E-state index contributed by atoms with van der Waals surface area (Å²) < 4.78 is 11.8. The molecule has 0 aliphatic carbocycles. The number of anilines is 1. The summed E-state index contributed by atoms with van der Waals surface area (Å²) in [6.07, 6.45) is 2.10. The number of nitrogens with one attached hydrogen (secondary N) is 1. The van der Waals surface area contributed by atoms with Crippen molar-refractivity contribution in [3.63, 3.8) is 0 Å². The van der Waals surface area contributed by atoms with Crippen LogP contribution in [0.4, 0.5) is 5.95 Å². The van der Waals surface area contributed by atoms with Crippen molar-refractivity contribution in [3.05, 3.63) is 58.4 Å². The van der Waals surface area contributed by atoms with Crippen molar-refractivity contribution in [2.75, 3.05) is 26.3 Å². The second-order valence-corrected chi connectivity index (χ2v) is 6.05. The maximum absolute atomic E-state index is 12.8. The molecule has 0 spiro atoms. The molecule has 0 amide bonds. The van der Waals surface area contributed by atoms with Gasteiger partial charge in [0.2, 0.25) is 5.95 Å². The van der Waals surface area contributed by atoms with Gasteiger partial charge in [-0.05, 0) is 36.8 Å². The number of hydrogen-bond donors (Lipinski definition) is 2. The second-order valence-electron chi connectivity index (χ2n) is 6.05. The minimum atomic E-state index is -0.149. The molecule has 0 aliphatic heterocycles. The zero-order valence-electron chi connectivity index (χ0n) is 15.8. The lowest BCUT2D eigenvalue weighted by Crippen LogP contribution is -2.24. The minimum absolute atomic E-state index is 0.0651. The summed E-state index contributed by atoms with van der Waals surface area (Å²) in [4.78, 5) is 17.4. The molecule has 8 heteroatoms. The molecule has 0 unspecified atom stereocenters. The molecule has 146 valence electrons. The van der Waals surface area contributed by atoms with Crippen LogP contribution in [0.2, 0.25) is 0 Å². The minimum Gasteiger partial charge on any atom is -0.507 e. The van der Waals surface area contributed by atoms with Crippen molar-refractivity contribution in [2.45, 2.75) is 13.0 Å². The number of hydrazone groups is 1. The van der Waals surface area contributed by atoms with Gasteiger partial charge in [0.25, 0.3) is 5.56 Å². The van der Waals surface area contributed by atoms with E-state index in [4.69, 9.17) is 9.47 Å². The van der Waals surface area contributed by atoms with E-state index in [1.165, 1.54) is 16.8 Å². The molecule has 0 radical (unpaired) electrons. The third-order valence-electron chi connectivity index (χ3n) is 4.19. The number of rotatable bonds is 8. The van der Waals surface area contributed by atoms with E-state index >= 15 is 0 Å². The second kappa shape index (κ2) is 9.01. The van der Waals surface area contributed by atoms with Crippen molar-refractivity contribution in [3.8, 4) is 11.5 Å². The van der Waals surface area contributed by atoms with Crippen LogP contribution < -0.4 is 15.7 Å². The molecule has 28 heavy (non-hydrogen) atoms. The van der Waals surface area contributed by atoms with E-state index in [9.17, 15) is 9.90 Å². The first-order chi connectivity index (χ1) is 13.6. The van der Waals surface area contributed by atoms with Gasteiger partial charge in [-0.2, -0.15) is 5.10 Å². The Kier molecular flexibility index (Phi) is 6.23. The lowest BCUT2D eigenvalue weighted by atomic mass is 10.2. The Labute approximate surface area is 162 Å². The van der Waals surface area contributed by atoms with Crippen LogP contribution in [0.3, 0.4) is 0 Å². The molecule has 0 fully saturated rings. The summed E-state index contributed by atoms with van der Waals surface area (Å²) in [7, 11) is 3.16. The topological polar surface area (TPSA) is 98.0 Å². The molecule has 0 atom stereocenters. The predicted molar refractivity (Wildman–Crippen MR) is 108 cm³/mol. The van der Waals surface area contributed by atoms with Crippen LogP contribution in [0.5, 0.6) is 11.5 Å². The summed E-state index contributed by atoms with van der Waals surface area (Å²) in [6, 6.07) is 12.0. The maximum Gasteiger partial charge on any atom is 0.262 e. The van der Waals surface area contributed by atoms with Crippen molar-refractivity contribution < 1.29 is 14.6 Å². The van der Waals surface area contributed by atoms with Crippen LogP contribution in [0, 0.1) is 0 Å². The van der Waals surface area contributed by atoms with Crippen molar-refractivity contribution in [2.24, 2.45) is 5.10 Å². The zero-order valence-corrected chi connectivity index (χ0v) is 15.8. The number of methoxy groups -OCH3 is 2. The third-order valence-corrected chi connectivity index (χ3v) is 4.19. The van der Waals surface area contributed by atoms with Gasteiger partial charge in [0.1, 0.15) is 11.5 Å². The Morgan fingerprint density at radius 2 is 2.07 bits per heavy atom. The number of hydrogen-bond acceptors (Lipinski definition) is 7. The van der Waals surface area contributed by atoms with E-state index < -0.39 is 0 Å². The summed E-state index contributed by atoms with van der Waals surface area (Å²) in [5.41, 5.74) is 3.72. The first kappa shape index (κ1) is 19.4. The fourth-order valence-electron chi connectivity index (χ4n) is 2.75. The molecular weight excluding hydrogens is 360 g/mol. The maximum atomic E-state index is 12.8. The van der Waals surface area contributed by atoms with E-state index in [-0.39, 0.29) is 11.3 Å². The van der Waals surface area contributed by atoms with Gasteiger partial charge in [0.15, 0.2) is 0 Å². The Bertz CT molecular complexity index is 1050. The van der Waals surface area contributed by atoms with Crippen LogP contribution in [-0.4, -0.2) is 41.7 Å². The van der Waals surface area contributed by atoms with Gasteiger partial charge in [0.05, 0.1) is 24.2 Å². The number of ether oxygens (including phenoxy) is 2. The zero-order chi connectivity index (χ0) is 19.9. The first-order valence-electron chi connectivity index (χ1n) is 8.78. The van der Waals surface area contributed by atoms with Crippen molar-refractivity contribution >= 4 is 23.1 Å². The SMILES string of the molecule is COCCCn1c(N/N=C/c2cc(OC)ccc2O)nc2ccccc2c1=O. The monoisotopic (exact) mass is 382 g/mol. The van der Waals surface area contributed by atoms with Crippen molar-refractivity contribution in [1.82, 2.24) is 9.55 Å². The molecule has 1 aromatic heterocycles. The highest BCUT2D eigenvalue weighted by atomic mass is 16.5. The van der Waals surface area contributed by atoms with E-state index in [0.717, 1.165) is 0 Å². The molecule has 0 bridgehead atoms. The van der Waals surface area contributed by atoms with Crippen LogP contribution in [0.15, 0.2) is 52.4 Å². The number of phenols is 1. The molecule has 8 nitrogen and oxygen atoms in total. The standard InChI is InChI=1S/C20H22N4O4/c1-27-11-5-10-24-19(26)16-6-3-4-7-17(16)22-20(24)23-21-13-14-12-15(28-2)8-9-18(14)25/h3-4,6-9,12-13,25H,5,10-11H2,1-2H3,(H,22,23)/b21-13+. The van der Waals surface area contributed by atoms with Gasteiger partial charge in [0, 0.05) is 25.8 Å². The number of para-hydroxylation sites is 1. The number of benzene rings is 2. The van der Waals surface area contributed by atoms with Crippen molar-refractivity contribution in [1.29, 1.82) is 0 Å². The smallest absolute Gasteiger partial charge is 0.262 e. The number of phenolic OH excluding ortho intramolecular Hbond substituents is 1. The molecule has 0 aliphatic rings. The third kappa shape index (κ3) is 4.29. The van der Waals surface area contributed by atoms with Crippen LogP contribution in [0.1, 0.15) is 12.0 Å². The summed E-state index contributed by atoms with van der Waals surface area (Å²) in [6.45, 7) is 0.965. The Hall–Kier alpha value is -3.39. The molecular formula is C20H22N4O4. The lowest BCUT2D eigenvalue weighted by Gasteiger charge is -2.12. The number of fused-ring (bicyclic) bond motifs is 1. The number of nitrogens with zero attached hydrogens (tertiary/aromatic N) is 3. The van der Waals surface area contributed by atoms with E-state index in [1.807, 2.05) is 12.1 Å². The van der Waals surface area contributed by atoms with Gasteiger partial charge in [-0.15, -0.1) is 0 Å². The average Bonchev–Trinajstić information content (AvgIpc) is 2.71. The van der Waals surface area contributed by atoms with Gasteiger partial charge in [-0.3, -0.25) is 9.36 Å². The fourth-order valence-corrected chi connectivity index (χ4v) is 2.75. The van der Waals surface area contributed by atoms with Crippen LogP contribution in [0.25, 0.3) is 10.9 Å². The molecule has 2 N–H and O–H groups in total. The quantitative estimate of drug-likeness (QED) is 0.353. The Morgan fingerprint density at radius 3 is 2.86 bits per heavy atom. The highest BCUT2D eigenvalue weighted by molar-refractivity contribution is 5.84. The van der Waals surface area contributed by atoms with Crippen LogP contribution >= 0.6 is 0 Å². The van der Waals surface area contributed by atoms with Gasteiger partial charge in [-0.25, -0.2) is 10.4 Å². The molecule has 1 heterocycles. The molecule has 0 saturated carbocycles. The summed E-state index contributed by atoms with van der Waals surface area (Å²) >= 11 is 0.